The molecular weight excluding hydrogens is 475 g/mol. The van der Waals surface area contributed by atoms with E-state index in [0.717, 1.165) is 34.3 Å². The highest BCUT2D eigenvalue weighted by Gasteiger charge is 2.36. The fourth-order valence-corrected chi connectivity index (χ4v) is 4.94. The lowest BCUT2D eigenvalue weighted by molar-refractivity contribution is -0.113. The number of nitrogens with one attached hydrogen (secondary N) is 1. The van der Waals surface area contributed by atoms with Crippen LogP contribution in [0.15, 0.2) is 47.4 Å². The lowest BCUT2D eigenvalue weighted by atomic mass is 10.1. The number of nitrogens with zero attached hydrogens (tertiary/aromatic N) is 3. The van der Waals surface area contributed by atoms with Gasteiger partial charge >= 0.3 is 0 Å². The van der Waals surface area contributed by atoms with Crippen molar-refractivity contribution in [1.29, 1.82) is 5.41 Å². The van der Waals surface area contributed by atoms with Crippen molar-refractivity contribution in [1.82, 2.24) is 10.2 Å². The molecule has 1 N–H and O–H groups in total. The van der Waals surface area contributed by atoms with Gasteiger partial charge < -0.3 is 4.74 Å². The van der Waals surface area contributed by atoms with Crippen LogP contribution >= 0.6 is 46.3 Å². The number of hydrogen-bond acceptors (Lipinski definition) is 7. The molecule has 1 fully saturated rings. The van der Waals surface area contributed by atoms with Gasteiger partial charge in [0, 0.05) is 21.2 Å². The van der Waals surface area contributed by atoms with Crippen molar-refractivity contribution in [3.05, 3.63) is 73.5 Å². The summed E-state index contributed by atoms with van der Waals surface area (Å²) in [6.45, 7) is 2.22. The van der Waals surface area contributed by atoms with Crippen LogP contribution in [0.25, 0.3) is 6.08 Å². The molecule has 1 amide bonds. The van der Waals surface area contributed by atoms with E-state index in [1.807, 2.05) is 37.3 Å². The van der Waals surface area contributed by atoms with E-state index in [4.69, 9.17) is 33.3 Å². The minimum absolute atomic E-state index is 0.0985. The molecule has 0 saturated carbocycles. The molecule has 31 heavy (non-hydrogen) atoms. The zero-order chi connectivity index (χ0) is 22.0. The number of amidine groups is 1. The van der Waals surface area contributed by atoms with E-state index < -0.39 is 0 Å². The maximum atomic E-state index is 12.9. The van der Waals surface area contributed by atoms with Gasteiger partial charge in [-0.05, 0) is 42.5 Å². The molecule has 0 unspecified atom stereocenters. The summed E-state index contributed by atoms with van der Waals surface area (Å²) in [5.74, 6) is 0.299. The second-order valence-corrected chi connectivity index (χ2v) is 9.37. The van der Waals surface area contributed by atoms with Crippen molar-refractivity contribution in [2.24, 2.45) is 0 Å². The molecule has 0 aliphatic carbocycles. The normalized spacial score (nSPS) is 15.2. The molecule has 0 atom stereocenters. The zero-order valence-corrected chi connectivity index (χ0v) is 19.4. The first-order valence-electron chi connectivity index (χ1n) is 9.27. The smallest absolute Gasteiger partial charge is 0.273 e. The molecule has 2 heterocycles. The van der Waals surface area contributed by atoms with E-state index in [9.17, 15) is 4.79 Å². The van der Waals surface area contributed by atoms with Crippen LogP contribution in [-0.4, -0.2) is 21.3 Å². The van der Waals surface area contributed by atoms with Gasteiger partial charge in [-0.2, -0.15) is 0 Å². The SMILES string of the molecule is CCc1nnc(N2C(=N)S/C(=C\c3ccccc3OCc3ccc(Cl)cc3Cl)C2=O)s1. The Morgan fingerprint density at radius 3 is 2.74 bits per heavy atom. The Balaban J connectivity index is 1.56. The van der Waals surface area contributed by atoms with Gasteiger partial charge in [0.05, 0.1) is 4.91 Å². The van der Waals surface area contributed by atoms with Crippen LogP contribution in [0.2, 0.25) is 10.0 Å². The topological polar surface area (TPSA) is 79.2 Å². The standard InChI is InChI=1S/C21H16Cl2N4O2S2/c1-2-18-25-26-21(31-18)27-19(28)17(30-20(27)24)9-12-5-3-4-6-16(12)29-11-13-7-8-14(22)10-15(13)23/h3-10,24H,2,11H2,1H3/b17-9-,24-20?. The minimum atomic E-state index is -0.302. The van der Waals surface area contributed by atoms with Crippen LogP contribution in [0.4, 0.5) is 5.13 Å². The van der Waals surface area contributed by atoms with Gasteiger partial charge in [-0.1, -0.05) is 65.7 Å². The highest BCUT2D eigenvalue weighted by molar-refractivity contribution is 8.19. The minimum Gasteiger partial charge on any atom is -0.488 e. The van der Waals surface area contributed by atoms with Crippen molar-refractivity contribution in [3.8, 4) is 5.75 Å². The predicted molar refractivity (Wildman–Crippen MR) is 127 cm³/mol. The number of aromatic nitrogens is 2. The average molecular weight is 491 g/mol. The predicted octanol–water partition coefficient (Wildman–Crippen LogP) is 6.04. The second kappa shape index (κ2) is 9.40. The monoisotopic (exact) mass is 490 g/mol. The Labute approximate surface area is 197 Å². The van der Waals surface area contributed by atoms with Gasteiger partial charge in [-0.3, -0.25) is 10.2 Å². The Morgan fingerprint density at radius 1 is 1.19 bits per heavy atom. The zero-order valence-electron chi connectivity index (χ0n) is 16.3. The van der Waals surface area contributed by atoms with Gasteiger partial charge in [0.25, 0.3) is 5.91 Å². The number of benzene rings is 2. The van der Waals surface area contributed by atoms with E-state index >= 15 is 0 Å². The fourth-order valence-electron chi connectivity index (χ4n) is 2.81. The molecule has 1 saturated heterocycles. The first-order chi connectivity index (χ1) is 15.0. The van der Waals surface area contributed by atoms with Crippen LogP contribution in [0, 0.1) is 5.41 Å². The number of aryl methyl sites for hydroxylation is 1. The third-order valence-electron chi connectivity index (χ3n) is 4.38. The molecular formula is C21H16Cl2N4O2S2. The summed E-state index contributed by atoms with van der Waals surface area (Å²) >= 11 is 14.6. The van der Waals surface area contributed by atoms with E-state index in [2.05, 4.69) is 10.2 Å². The molecule has 1 aliphatic heterocycles. The first-order valence-corrected chi connectivity index (χ1v) is 11.7. The summed E-state index contributed by atoms with van der Waals surface area (Å²) in [7, 11) is 0. The Bertz CT molecular complexity index is 1200. The summed E-state index contributed by atoms with van der Waals surface area (Å²) in [6, 6.07) is 12.6. The third kappa shape index (κ3) is 4.77. The summed E-state index contributed by atoms with van der Waals surface area (Å²) in [6.07, 6.45) is 2.45. The van der Waals surface area contributed by atoms with Crippen LogP contribution in [0.1, 0.15) is 23.1 Å². The first kappa shape index (κ1) is 21.8. The van der Waals surface area contributed by atoms with Crippen LogP contribution in [-0.2, 0) is 17.8 Å². The second-order valence-electron chi connectivity index (χ2n) is 6.45. The number of para-hydroxylation sites is 1. The third-order valence-corrected chi connectivity index (χ3v) is 6.91. The number of carbonyl (C=O) groups is 1. The maximum absolute atomic E-state index is 12.9. The van der Waals surface area contributed by atoms with Crippen molar-refractivity contribution < 1.29 is 9.53 Å². The molecule has 158 valence electrons. The lowest BCUT2D eigenvalue weighted by Gasteiger charge is -2.11. The molecule has 4 rings (SSSR count). The molecule has 10 heteroatoms. The van der Waals surface area contributed by atoms with E-state index in [1.165, 1.54) is 16.2 Å². The van der Waals surface area contributed by atoms with Crippen LogP contribution < -0.4 is 9.64 Å². The van der Waals surface area contributed by atoms with E-state index in [-0.39, 0.29) is 17.7 Å². The number of amides is 1. The highest BCUT2D eigenvalue weighted by Crippen LogP contribution is 2.37. The van der Waals surface area contributed by atoms with Gasteiger partial charge in [0.2, 0.25) is 5.13 Å². The lowest BCUT2D eigenvalue weighted by Crippen LogP contribution is -2.27. The van der Waals surface area contributed by atoms with Crippen molar-refractivity contribution in [2.45, 2.75) is 20.0 Å². The molecule has 6 nitrogen and oxygen atoms in total. The molecule has 1 aromatic heterocycles. The Kier molecular flexibility index (Phi) is 6.62. The summed E-state index contributed by atoms with van der Waals surface area (Å²) < 4.78 is 5.97. The molecule has 2 aromatic carbocycles. The van der Waals surface area contributed by atoms with E-state index in [1.54, 1.807) is 18.2 Å². The number of hydrogen-bond donors (Lipinski definition) is 1. The van der Waals surface area contributed by atoms with Crippen LogP contribution in [0.5, 0.6) is 5.75 Å². The Morgan fingerprint density at radius 2 is 2.00 bits per heavy atom. The largest absolute Gasteiger partial charge is 0.488 e. The maximum Gasteiger partial charge on any atom is 0.273 e. The summed E-state index contributed by atoms with van der Waals surface area (Å²) in [5, 5.41) is 18.7. The molecule has 0 radical (unpaired) electrons. The molecule has 0 bridgehead atoms. The molecule has 1 aliphatic rings. The number of rotatable bonds is 6. The van der Waals surface area contributed by atoms with Gasteiger partial charge in [-0.15, -0.1) is 10.2 Å². The average Bonchev–Trinajstić information content (AvgIpc) is 3.32. The number of anilines is 1. The fraction of sp³-hybridized carbons (Fsp3) is 0.143. The molecule has 3 aromatic rings. The quantitative estimate of drug-likeness (QED) is 0.425. The molecule has 0 spiro atoms. The summed E-state index contributed by atoms with van der Waals surface area (Å²) in [5.41, 5.74) is 1.53. The van der Waals surface area contributed by atoms with Crippen LogP contribution in [0.3, 0.4) is 0 Å². The van der Waals surface area contributed by atoms with Crippen molar-refractivity contribution in [2.75, 3.05) is 4.90 Å². The summed E-state index contributed by atoms with van der Waals surface area (Å²) in [4.78, 5) is 14.6. The van der Waals surface area contributed by atoms with Crippen molar-refractivity contribution >= 4 is 68.6 Å². The number of ether oxygens (including phenoxy) is 1. The van der Waals surface area contributed by atoms with Crippen molar-refractivity contribution in [3.63, 3.8) is 0 Å². The number of thioether (sulfide) groups is 1. The van der Waals surface area contributed by atoms with E-state index in [0.29, 0.717) is 25.8 Å². The number of halogens is 2. The number of carbonyl (C=O) groups excluding carboxylic acids is 1. The van der Waals surface area contributed by atoms with Gasteiger partial charge in [0.1, 0.15) is 17.4 Å². The van der Waals surface area contributed by atoms with Gasteiger partial charge in [0.15, 0.2) is 5.17 Å². The van der Waals surface area contributed by atoms with Gasteiger partial charge in [-0.25, -0.2) is 4.90 Å². The Hall–Kier alpha value is -2.39. The highest BCUT2D eigenvalue weighted by atomic mass is 35.5.